The molecule has 4 heteroatoms. The lowest BCUT2D eigenvalue weighted by Crippen LogP contribution is -2.47. The van der Waals surface area contributed by atoms with E-state index in [2.05, 4.69) is 13.2 Å². The fourth-order valence-electron chi connectivity index (χ4n) is 1.89. The molecule has 0 aromatic heterocycles. The van der Waals surface area contributed by atoms with Crippen molar-refractivity contribution in [2.45, 2.75) is 25.6 Å². The maximum Gasteiger partial charge on any atom is 0.246 e. The van der Waals surface area contributed by atoms with Gasteiger partial charge in [-0.25, -0.2) is 4.39 Å². The van der Waals surface area contributed by atoms with E-state index in [-0.39, 0.29) is 12.5 Å². The minimum Gasteiger partial charge on any atom is -0.492 e. The Morgan fingerprint density at radius 1 is 1.42 bits per heavy atom. The van der Waals surface area contributed by atoms with Crippen LogP contribution in [-0.2, 0) is 9.53 Å². The number of rotatable bonds is 5. The Balaban J connectivity index is 2.52. The number of alkyl halides is 1. The molecule has 104 valence electrons. The summed E-state index contributed by atoms with van der Waals surface area (Å²) in [6.45, 7) is 9.29. The maximum absolute atomic E-state index is 13.9. The van der Waals surface area contributed by atoms with Crippen LogP contribution in [0.2, 0.25) is 0 Å². The van der Waals surface area contributed by atoms with Crippen molar-refractivity contribution < 1.29 is 13.9 Å². The van der Waals surface area contributed by atoms with Crippen molar-refractivity contribution >= 4 is 5.91 Å². The molecule has 1 amide bonds. The van der Waals surface area contributed by atoms with Crippen molar-refractivity contribution in [3.63, 3.8) is 0 Å². The largest absolute Gasteiger partial charge is 0.492 e. The number of allylic oxidation sites excluding steroid dienone is 5. The van der Waals surface area contributed by atoms with Gasteiger partial charge in [-0.1, -0.05) is 31.4 Å². The third kappa shape index (κ3) is 4.73. The highest BCUT2D eigenvalue weighted by Gasteiger charge is 2.32. The number of likely N-dealkylation sites (tertiary alicyclic amines) is 1. The summed E-state index contributed by atoms with van der Waals surface area (Å²) in [5.41, 5.74) is 0. The van der Waals surface area contributed by atoms with Crippen molar-refractivity contribution in [1.82, 2.24) is 4.90 Å². The molecule has 0 aliphatic carbocycles. The van der Waals surface area contributed by atoms with Gasteiger partial charge in [0, 0.05) is 13.0 Å². The van der Waals surface area contributed by atoms with Crippen molar-refractivity contribution in [3.8, 4) is 0 Å². The fourth-order valence-corrected chi connectivity index (χ4v) is 1.89. The van der Waals surface area contributed by atoms with Gasteiger partial charge in [-0.3, -0.25) is 4.79 Å². The number of piperidine rings is 1. The Hall–Kier alpha value is -1.84. The van der Waals surface area contributed by atoms with Crippen LogP contribution in [0.15, 0.2) is 49.3 Å². The zero-order valence-corrected chi connectivity index (χ0v) is 11.2. The summed E-state index contributed by atoms with van der Waals surface area (Å²) in [6.07, 6.45) is 6.98. The lowest BCUT2D eigenvalue weighted by Gasteiger charge is -2.34. The van der Waals surface area contributed by atoms with E-state index in [1.54, 1.807) is 31.2 Å². The second-order valence-corrected chi connectivity index (χ2v) is 4.35. The highest BCUT2D eigenvalue weighted by atomic mass is 19.1. The van der Waals surface area contributed by atoms with E-state index in [0.717, 1.165) is 0 Å². The molecular formula is C15H20FNO2. The van der Waals surface area contributed by atoms with Crippen LogP contribution in [0.25, 0.3) is 0 Å². The van der Waals surface area contributed by atoms with Crippen molar-refractivity contribution in [1.29, 1.82) is 0 Å². The first-order valence-electron chi connectivity index (χ1n) is 6.26. The summed E-state index contributed by atoms with van der Waals surface area (Å²) in [4.78, 5) is 12.8. The number of carbonyl (C=O) groups is 1. The van der Waals surface area contributed by atoms with Crippen LogP contribution in [0.4, 0.5) is 4.39 Å². The lowest BCUT2D eigenvalue weighted by atomic mass is 10.1. The van der Waals surface area contributed by atoms with E-state index < -0.39 is 12.3 Å². The maximum atomic E-state index is 13.9. The Kier molecular flexibility index (Phi) is 6.06. The molecule has 0 saturated carbocycles. The molecule has 0 aromatic carbocycles. The molecule has 2 atom stereocenters. The van der Waals surface area contributed by atoms with Gasteiger partial charge in [-0.15, -0.1) is 0 Å². The van der Waals surface area contributed by atoms with Crippen molar-refractivity contribution in [2.75, 3.05) is 13.1 Å². The molecule has 1 heterocycles. The number of halogens is 1. The van der Waals surface area contributed by atoms with Gasteiger partial charge >= 0.3 is 0 Å². The molecule has 0 unspecified atom stereocenters. The molecule has 3 nitrogen and oxygen atoms in total. The first kappa shape index (κ1) is 15.2. The predicted molar refractivity (Wildman–Crippen MR) is 74.3 cm³/mol. The van der Waals surface area contributed by atoms with Gasteiger partial charge in [0.25, 0.3) is 0 Å². The summed E-state index contributed by atoms with van der Waals surface area (Å²) in [5.74, 6) is 0.413. The molecular weight excluding hydrogens is 245 g/mol. The molecule has 0 bridgehead atoms. The second kappa shape index (κ2) is 7.56. The molecule has 1 saturated heterocycles. The van der Waals surface area contributed by atoms with E-state index in [1.165, 1.54) is 11.0 Å². The van der Waals surface area contributed by atoms with Gasteiger partial charge < -0.3 is 9.64 Å². The topological polar surface area (TPSA) is 29.5 Å². The number of nitrogens with zero attached hydrogens (tertiary/aromatic N) is 1. The van der Waals surface area contributed by atoms with Crippen LogP contribution >= 0.6 is 0 Å². The lowest BCUT2D eigenvalue weighted by molar-refractivity contribution is -0.130. The molecule has 1 fully saturated rings. The molecule has 1 aliphatic heterocycles. The molecule has 0 radical (unpaired) electrons. The van der Waals surface area contributed by atoms with Gasteiger partial charge in [-0.05, 0) is 19.1 Å². The zero-order chi connectivity index (χ0) is 14.3. The summed E-state index contributed by atoms with van der Waals surface area (Å²) in [5, 5.41) is 0. The highest BCUT2D eigenvalue weighted by molar-refractivity contribution is 5.87. The smallest absolute Gasteiger partial charge is 0.246 e. The predicted octanol–water partition coefficient (Wildman–Crippen LogP) is 2.77. The monoisotopic (exact) mass is 265 g/mol. The number of amides is 1. The standard InChI is InChI=1S/C15H20FNO2/c1-4-6-7-8-12(3)19-14-9-10-17(11-13(14)16)15(18)5-2/h4-8,13-14H,1-2,9-11H2,3H3/b7-6-,12-8+/t13-,14+/m1/s1. The van der Waals surface area contributed by atoms with Gasteiger partial charge in [0.05, 0.1) is 12.3 Å². The SMILES string of the molecule is C=C/C=C\C=C(/C)O[C@H]1CCN(C(=O)C=C)C[C@H]1F. The van der Waals surface area contributed by atoms with Crippen molar-refractivity contribution in [2.24, 2.45) is 0 Å². The molecule has 0 spiro atoms. The van der Waals surface area contributed by atoms with E-state index in [4.69, 9.17) is 4.74 Å². The summed E-state index contributed by atoms with van der Waals surface area (Å²) >= 11 is 0. The molecule has 0 aromatic rings. The highest BCUT2D eigenvalue weighted by Crippen LogP contribution is 2.20. The van der Waals surface area contributed by atoms with Gasteiger partial charge in [0.2, 0.25) is 5.91 Å². The van der Waals surface area contributed by atoms with Crippen LogP contribution in [0.1, 0.15) is 13.3 Å². The Bertz CT molecular complexity index is 401. The first-order chi connectivity index (χ1) is 9.08. The number of carbonyl (C=O) groups excluding carboxylic acids is 1. The first-order valence-corrected chi connectivity index (χ1v) is 6.26. The Morgan fingerprint density at radius 3 is 2.74 bits per heavy atom. The Labute approximate surface area is 113 Å². The van der Waals surface area contributed by atoms with Crippen molar-refractivity contribution in [3.05, 3.63) is 49.3 Å². The minimum atomic E-state index is -1.18. The van der Waals surface area contributed by atoms with Crippen LogP contribution in [-0.4, -0.2) is 36.2 Å². The van der Waals surface area contributed by atoms with Crippen LogP contribution < -0.4 is 0 Å². The normalized spacial score (nSPS) is 24.3. The summed E-state index contributed by atoms with van der Waals surface area (Å²) in [6, 6.07) is 0. The molecule has 1 aliphatic rings. The quantitative estimate of drug-likeness (QED) is 0.434. The second-order valence-electron chi connectivity index (χ2n) is 4.35. The Morgan fingerprint density at radius 2 is 2.16 bits per heavy atom. The third-order valence-electron chi connectivity index (χ3n) is 2.88. The summed E-state index contributed by atoms with van der Waals surface area (Å²) < 4.78 is 19.5. The van der Waals surface area contributed by atoms with Gasteiger partial charge in [0.1, 0.15) is 6.10 Å². The van der Waals surface area contributed by atoms with Gasteiger partial charge in [0.15, 0.2) is 6.17 Å². The van der Waals surface area contributed by atoms with E-state index >= 15 is 0 Å². The fraction of sp³-hybridized carbons (Fsp3) is 0.400. The average Bonchev–Trinajstić information content (AvgIpc) is 2.40. The molecule has 0 N–H and O–H groups in total. The van der Waals surface area contributed by atoms with E-state index in [0.29, 0.717) is 18.7 Å². The average molecular weight is 265 g/mol. The molecule has 1 rings (SSSR count). The zero-order valence-electron chi connectivity index (χ0n) is 11.2. The number of ether oxygens (including phenoxy) is 1. The minimum absolute atomic E-state index is 0.0608. The van der Waals surface area contributed by atoms with E-state index in [9.17, 15) is 9.18 Å². The number of hydrogen-bond acceptors (Lipinski definition) is 2. The van der Waals surface area contributed by atoms with Gasteiger partial charge in [-0.2, -0.15) is 0 Å². The van der Waals surface area contributed by atoms with Crippen LogP contribution in [0.3, 0.4) is 0 Å². The summed E-state index contributed by atoms with van der Waals surface area (Å²) in [7, 11) is 0. The van der Waals surface area contributed by atoms with Crippen LogP contribution in [0, 0.1) is 0 Å². The van der Waals surface area contributed by atoms with Crippen LogP contribution in [0.5, 0.6) is 0 Å². The number of hydrogen-bond donors (Lipinski definition) is 0. The third-order valence-corrected chi connectivity index (χ3v) is 2.88. The molecule has 19 heavy (non-hydrogen) atoms. The van der Waals surface area contributed by atoms with E-state index in [1.807, 2.05) is 0 Å².